The fourth-order valence-electron chi connectivity index (χ4n) is 4.03. The van der Waals surface area contributed by atoms with E-state index in [1.165, 1.54) is 0 Å². The third-order valence-electron chi connectivity index (χ3n) is 5.70. The number of hydrogen-bond donors (Lipinski definition) is 0. The van der Waals surface area contributed by atoms with Crippen LogP contribution in [0.3, 0.4) is 0 Å². The molecule has 148 valence electrons. The van der Waals surface area contributed by atoms with Crippen LogP contribution in [0.1, 0.15) is 44.7 Å². The maximum Gasteiger partial charge on any atom is 0.250 e. The zero-order valence-corrected chi connectivity index (χ0v) is 17.2. The van der Waals surface area contributed by atoms with Crippen LogP contribution in [0.25, 0.3) is 22.3 Å². The molecular weight excluding hydrogens is 362 g/mol. The van der Waals surface area contributed by atoms with Gasteiger partial charge in [-0.15, -0.1) is 0 Å². The van der Waals surface area contributed by atoms with Gasteiger partial charge < -0.3 is 9.47 Å². The van der Waals surface area contributed by atoms with Gasteiger partial charge in [-0.2, -0.15) is 0 Å². The predicted molar refractivity (Wildman–Crippen MR) is 116 cm³/mol. The van der Waals surface area contributed by atoms with Crippen molar-refractivity contribution < 1.29 is 4.79 Å². The number of aromatic nitrogens is 2. The number of nitrogens with zero attached hydrogens (tertiary/aromatic N) is 3. The summed E-state index contributed by atoms with van der Waals surface area (Å²) < 4.78 is 1.73. The molecule has 0 bridgehead atoms. The minimum atomic E-state index is -0.0827. The Labute approximate surface area is 170 Å². The summed E-state index contributed by atoms with van der Waals surface area (Å²) in [6, 6.07) is 11.8. The van der Waals surface area contributed by atoms with Crippen molar-refractivity contribution in [1.82, 2.24) is 9.55 Å². The molecule has 0 saturated carbocycles. The van der Waals surface area contributed by atoms with Crippen LogP contribution in [-0.2, 0) is 4.79 Å². The van der Waals surface area contributed by atoms with E-state index >= 15 is 0 Å². The first-order valence-electron chi connectivity index (χ1n) is 10.00. The number of amides is 1. The number of hydrogen-bond acceptors (Lipinski definition) is 3. The first-order chi connectivity index (χ1) is 13.9. The molecule has 5 nitrogen and oxygen atoms in total. The van der Waals surface area contributed by atoms with Crippen LogP contribution in [0, 0.1) is 0 Å². The first-order valence-corrected chi connectivity index (χ1v) is 10.00. The predicted octanol–water partition coefficient (Wildman–Crippen LogP) is 4.63. The van der Waals surface area contributed by atoms with Gasteiger partial charge >= 0.3 is 0 Å². The van der Waals surface area contributed by atoms with E-state index in [0.29, 0.717) is 0 Å². The molecule has 0 spiro atoms. The van der Waals surface area contributed by atoms with E-state index in [4.69, 9.17) is 0 Å². The molecule has 0 aliphatic carbocycles. The number of benzene rings is 1. The molecule has 1 aromatic carbocycles. The number of pyridine rings is 2. The largest absolute Gasteiger partial charge is 0.315 e. The van der Waals surface area contributed by atoms with Crippen molar-refractivity contribution >= 4 is 11.6 Å². The molecule has 0 radical (unpaired) electrons. The number of carbonyl (C=O) groups excluding carboxylic acids is 1. The molecule has 1 amide bonds. The lowest BCUT2D eigenvalue weighted by atomic mass is 9.94. The van der Waals surface area contributed by atoms with Gasteiger partial charge in [-0.05, 0) is 61.2 Å². The molecular formula is C24H25N3O2. The Kier molecular flexibility index (Phi) is 4.82. The average Bonchev–Trinajstić information content (AvgIpc) is 2.97. The molecule has 0 fully saturated rings. The molecule has 1 atom stereocenters. The van der Waals surface area contributed by atoms with Crippen molar-refractivity contribution in [2.45, 2.75) is 39.2 Å². The van der Waals surface area contributed by atoms with E-state index in [1.54, 1.807) is 15.5 Å². The lowest BCUT2D eigenvalue weighted by Gasteiger charge is -2.13. The van der Waals surface area contributed by atoms with E-state index in [2.05, 4.69) is 17.1 Å². The summed E-state index contributed by atoms with van der Waals surface area (Å²) in [5.41, 5.74) is 6.00. The molecule has 1 unspecified atom stereocenters. The summed E-state index contributed by atoms with van der Waals surface area (Å²) in [5.74, 6) is 0.0724. The molecule has 0 N–H and O–H groups in total. The second kappa shape index (κ2) is 7.32. The molecule has 0 saturated heterocycles. The van der Waals surface area contributed by atoms with Gasteiger partial charge in [0.1, 0.15) is 0 Å². The van der Waals surface area contributed by atoms with Gasteiger partial charge in [0.25, 0.3) is 5.56 Å². The summed E-state index contributed by atoms with van der Waals surface area (Å²) in [5, 5.41) is 0. The summed E-state index contributed by atoms with van der Waals surface area (Å²) in [4.78, 5) is 30.7. The third-order valence-corrected chi connectivity index (χ3v) is 5.70. The minimum absolute atomic E-state index is 0.00844. The van der Waals surface area contributed by atoms with E-state index in [0.717, 1.165) is 39.9 Å². The molecule has 5 heteroatoms. The summed E-state index contributed by atoms with van der Waals surface area (Å²) in [6.45, 7) is 6.03. The lowest BCUT2D eigenvalue weighted by Crippen LogP contribution is -2.23. The summed E-state index contributed by atoms with van der Waals surface area (Å²) in [7, 11) is 1.84. The fourth-order valence-corrected chi connectivity index (χ4v) is 4.03. The van der Waals surface area contributed by atoms with Crippen LogP contribution in [0.5, 0.6) is 0 Å². The Balaban J connectivity index is 1.76. The van der Waals surface area contributed by atoms with E-state index in [9.17, 15) is 9.59 Å². The van der Waals surface area contributed by atoms with Crippen LogP contribution >= 0.6 is 0 Å². The molecule has 2 aromatic heterocycles. The zero-order valence-electron chi connectivity index (χ0n) is 17.2. The highest BCUT2D eigenvalue weighted by molar-refractivity contribution is 6.05. The average molecular weight is 387 g/mol. The normalized spacial score (nSPS) is 15.8. The molecule has 3 aromatic rings. The minimum Gasteiger partial charge on any atom is -0.315 e. The molecule has 1 aliphatic rings. The van der Waals surface area contributed by atoms with E-state index in [-0.39, 0.29) is 23.4 Å². The number of anilines is 1. The third kappa shape index (κ3) is 3.27. The number of fused-ring (bicyclic) bond motifs is 1. The summed E-state index contributed by atoms with van der Waals surface area (Å²) in [6.07, 6.45) is 6.32. The second-order valence-electron chi connectivity index (χ2n) is 7.85. The van der Waals surface area contributed by atoms with Crippen LogP contribution in [0.4, 0.5) is 5.69 Å². The second-order valence-corrected chi connectivity index (χ2v) is 7.85. The SMILES string of the molecule is CCC1C(=O)N(C)c2ccc(-c3cncc(-c4ccc(=O)n(C(C)C)c4)c3)cc21. The van der Waals surface area contributed by atoms with Gasteiger partial charge in [0.05, 0.1) is 5.92 Å². The molecule has 4 rings (SSSR count). The Morgan fingerprint density at radius 3 is 2.34 bits per heavy atom. The van der Waals surface area contributed by atoms with Crippen LogP contribution in [0.2, 0.25) is 0 Å². The van der Waals surface area contributed by atoms with Crippen molar-refractivity contribution in [3.05, 3.63) is 70.9 Å². The Hall–Kier alpha value is -3.21. The monoisotopic (exact) mass is 387 g/mol. The molecule has 1 aliphatic heterocycles. The standard InChI is InChI=1S/C24H25N3O2/c1-5-20-21-11-16(6-8-22(21)26(4)24(20)29)18-10-19(13-25-12-18)17-7-9-23(28)27(14-17)15(2)3/h6-15,20H,5H2,1-4H3. The van der Waals surface area contributed by atoms with Gasteiger partial charge in [0.2, 0.25) is 5.91 Å². The highest BCUT2D eigenvalue weighted by atomic mass is 16.2. The zero-order chi connectivity index (χ0) is 20.7. The smallest absolute Gasteiger partial charge is 0.250 e. The van der Waals surface area contributed by atoms with Gasteiger partial charge in [-0.3, -0.25) is 14.6 Å². The van der Waals surface area contributed by atoms with Gasteiger partial charge in [-0.1, -0.05) is 13.0 Å². The number of rotatable bonds is 4. The molecule has 29 heavy (non-hydrogen) atoms. The van der Waals surface area contributed by atoms with Crippen LogP contribution < -0.4 is 10.5 Å². The highest BCUT2D eigenvalue weighted by Gasteiger charge is 2.33. The highest BCUT2D eigenvalue weighted by Crippen LogP contribution is 2.40. The maximum atomic E-state index is 12.5. The fraction of sp³-hybridized carbons (Fsp3) is 0.292. The lowest BCUT2D eigenvalue weighted by molar-refractivity contribution is -0.119. The van der Waals surface area contributed by atoms with Gasteiger partial charge in [-0.25, -0.2) is 0 Å². The topological polar surface area (TPSA) is 55.2 Å². The van der Waals surface area contributed by atoms with Gasteiger partial charge in [0, 0.05) is 54.6 Å². The van der Waals surface area contributed by atoms with E-state index in [1.807, 2.05) is 64.6 Å². The van der Waals surface area contributed by atoms with Crippen molar-refractivity contribution in [2.24, 2.45) is 0 Å². The first kappa shape index (κ1) is 19.1. The van der Waals surface area contributed by atoms with Crippen LogP contribution in [-0.4, -0.2) is 22.5 Å². The van der Waals surface area contributed by atoms with Crippen molar-refractivity contribution in [1.29, 1.82) is 0 Å². The Morgan fingerprint density at radius 1 is 0.966 bits per heavy atom. The number of likely N-dealkylation sites (N-methyl/N-ethyl adjacent to an activating group) is 1. The van der Waals surface area contributed by atoms with Crippen molar-refractivity contribution in [3.8, 4) is 22.3 Å². The van der Waals surface area contributed by atoms with Gasteiger partial charge in [0.15, 0.2) is 0 Å². The van der Waals surface area contributed by atoms with Crippen LogP contribution in [0.15, 0.2) is 59.8 Å². The Morgan fingerprint density at radius 2 is 1.66 bits per heavy atom. The van der Waals surface area contributed by atoms with E-state index < -0.39 is 0 Å². The Bertz CT molecular complexity index is 1150. The molecule has 3 heterocycles. The maximum absolute atomic E-state index is 12.5. The number of carbonyl (C=O) groups is 1. The van der Waals surface area contributed by atoms with Crippen molar-refractivity contribution in [2.75, 3.05) is 11.9 Å². The summed E-state index contributed by atoms with van der Waals surface area (Å²) >= 11 is 0. The van der Waals surface area contributed by atoms with Crippen molar-refractivity contribution in [3.63, 3.8) is 0 Å². The quantitative estimate of drug-likeness (QED) is 0.656.